The zero-order valence-electron chi connectivity index (χ0n) is 16.1. The molecule has 0 amide bonds. The van der Waals surface area contributed by atoms with Crippen molar-refractivity contribution in [2.24, 2.45) is 0 Å². The molecule has 1 aliphatic rings. The normalized spacial score (nSPS) is 15.7. The van der Waals surface area contributed by atoms with Gasteiger partial charge in [-0.15, -0.1) is 0 Å². The predicted molar refractivity (Wildman–Crippen MR) is 119 cm³/mol. The summed E-state index contributed by atoms with van der Waals surface area (Å²) in [5, 5.41) is 1.57. The Morgan fingerprint density at radius 3 is 2.43 bits per heavy atom. The Kier molecular flexibility index (Phi) is 5.77. The molecule has 0 radical (unpaired) electrons. The Balaban J connectivity index is 1.84. The standard InChI is InChI=1S/C22H17Cl3O4S/c1-12-3-6-21(30(26,27)28-2)18(7-12)20-9-13-8-15(24)11-17(22(13)29-20)16-10-14(23)4-5-19(16)25/h3-8,10-11,20H,9H2,1-2H3. The van der Waals surface area contributed by atoms with Crippen molar-refractivity contribution in [2.45, 2.75) is 24.3 Å². The van der Waals surface area contributed by atoms with Crippen molar-refractivity contribution in [3.05, 3.63) is 80.3 Å². The third-order valence-corrected chi connectivity index (χ3v) is 7.15. The molecule has 0 bridgehead atoms. The van der Waals surface area contributed by atoms with Crippen LogP contribution in [0.4, 0.5) is 0 Å². The van der Waals surface area contributed by atoms with Gasteiger partial charge in [0.05, 0.1) is 7.11 Å². The molecule has 3 aromatic carbocycles. The van der Waals surface area contributed by atoms with Gasteiger partial charge in [0.25, 0.3) is 10.1 Å². The summed E-state index contributed by atoms with van der Waals surface area (Å²) in [4.78, 5) is 0.0850. The number of hydrogen-bond acceptors (Lipinski definition) is 4. The van der Waals surface area contributed by atoms with Crippen LogP contribution in [0, 0.1) is 6.92 Å². The van der Waals surface area contributed by atoms with E-state index in [-0.39, 0.29) is 4.90 Å². The number of benzene rings is 3. The maximum absolute atomic E-state index is 12.5. The molecule has 4 nitrogen and oxygen atoms in total. The van der Waals surface area contributed by atoms with Crippen LogP contribution in [0.1, 0.15) is 22.8 Å². The van der Waals surface area contributed by atoms with Crippen molar-refractivity contribution in [1.29, 1.82) is 0 Å². The fourth-order valence-corrected chi connectivity index (χ4v) is 5.16. The van der Waals surface area contributed by atoms with Gasteiger partial charge >= 0.3 is 0 Å². The lowest BCUT2D eigenvalue weighted by Gasteiger charge is -2.17. The van der Waals surface area contributed by atoms with E-state index in [1.165, 1.54) is 6.07 Å². The highest BCUT2D eigenvalue weighted by Gasteiger charge is 2.32. The Hall–Kier alpha value is -1.76. The minimum atomic E-state index is -3.90. The van der Waals surface area contributed by atoms with Crippen LogP contribution in [0.3, 0.4) is 0 Å². The third-order valence-electron chi connectivity index (χ3n) is 5.02. The number of fused-ring (bicyclic) bond motifs is 1. The molecular weight excluding hydrogens is 467 g/mol. The van der Waals surface area contributed by atoms with Gasteiger partial charge in [0.15, 0.2) is 0 Å². The van der Waals surface area contributed by atoms with E-state index >= 15 is 0 Å². The van der Waals surface area contributed by atoms with Gasteiger partial charge in [0.2, 0.25) is 0 Å². The first kappa shape index (κ1) is 21.5. The first-order valence-corrected chi connectivity index (χ1v) is 11.6. The molecule has 0 fully saturated rings. The van der Waals surface area contributed by atoms with Crippen LogP contribution in [-0.2, 0) is 20.7 Å². The van der Waals surface area contributed by atoms with Crippen LogP contribution in [0.25, 0.3) is 11.1 Å². The zero-order chi connectivity index (χ0) is 21.6. The van der Waals surface area contributed by atoms with E-state index in [1.54, 1.807) is 36.4 Å². The van der Waals surface area contributed by atoms with Crippen molar-refractivity contribution >= 4 is 44.9 Å². The number of rotatable bonds is 4. The van der Waals surface area contributed by atoms with E-state index in [0.29, 0.717) is 43.9 Å². The van der Waals surface area contributed by atoms with E-state index in [0.717, 1.165) is 18.2 Å². The number of aryl methyl sites for hydroxylation is 1. The fraction of sp³-hybridized carbons (Fsp3) is 0.182. The van der Waals surface area contributed by atoms with E-state index in [4.69, 9.17) is 43.7 Å². The molecule has 0 saturated carbocycles. The van der Waals surface area contributed by atoms with Crippen LogP contribution < -0.4 is 4.74 Å². The second-order valence-corrected chi connectivity index (χ2v) is 10.00. The van der Waals surface area contributed by atoms with Crippen LogP contribution in [0.15, 0.2) is 53.4 Å². The molecule has 1 aliphatic heterocycles. The van der Waals surface area contributed by atoms with Crippen LogP contribution in [0.2, 0.25) is 15.1 Å². The van der Waals surface area contributed by atoms with E-state index in [9.17, 15) is 8.42 Å². The second kappa shape index (κ2) is 8.06. The average Bonchev–Trinajstić information content (AvgIpc) is 3.13. The summed E-state index contributed by atoms with van der Waals surface area (Å²) in [6.45, 7) is 1.89. The van der Waals surface area contributed by atoms with Crippen molar-refractivity contribution < 1.29 is 17.3 Å². The summed E-state index contributed by atoms with van der Waals surface area (Å²) in [7, 11) is -2.76. The van der Waals surface area contributed by atoms with Gasteiger partial charge in [0.1, 0.15) is 16.7 Å². The highest BCUT2D eigenvalue weighted by molar-refractivity contribution is 7.86. The minimum Gasteiger partial charge on any atom is -0.484 e. The zero-order valence-corrected chi connectivity index (χ0v) is 19.2. The average molecular weight is 484 g/mol. The number of hydrogen-bond donors (Lipinski definition) is 0. The van der Waals surface area contributed by atoms with E-state index in [2.05, 4.69) is 0 Å². The van der Waals surface area contributed by atoms with Crippen molar-refractivity contribution in [3.63, 3.8) is 0 Å². The van der Waals surface area contributed by atoms with Crippen molar-refractivity contribution in [3.8, 4) is 16.9 Å². The lowest BCUT2D eigenvalue weighted by molar-refractivity contribution is 0.235. The molecule has 0 aromatic heterocycles. The Labute approximate surface area is 190 Å². The minimum absolute atomic E-state index is 0.0850. The van der Waals surface area contributed by atoms with Gasteiger partial charge in [0, 0.05) is 43.7 Å². The van der Waals surface area contributed by atoms with Gasteiger partial charge in [-0.1, -0.05) is 52.5 Å². The number of ether oxygens (including phenoxy) is 1. The first-order chi connectivity index (χ1) is 14.2. The molecule has 1 unspecified atom stereocenters. The van der Waals surface area contributed by atoms with E-state index in [1.807, 2.05) is 13.0 Å². The molecule has 0 saturated heterocycles. The summed E-state index contributed by atoms with van der Waals surface area (Å²) in [5.41, 5.74) is 3.71. The molecule has 0 aliphatic carbocycles. The summed E-state index contributed by atoms with van der Waals surface area (Å²) in [6, 6.07) is 13.8. The van der Waals surface area contributed by atoms with Gasteiger partial charge < -0.3 is 4.74 Å². The Morgan fingerprint density at radius 1 is 0.967 bits per heavy atom. The van der Waals surface area contributed by atoms with Crippen molar-refractivity contribution in [2.75, 3.05) is 7.11 Å². The fourth-order valence-electron chi connectivity index (χ4n) is 3.64. The molecule has 0 N–H and O–H groups in total. The summed E-state index contributed by atoms with van der Waals surface area (Å²) < 4.78 is 35.9. The second-order valence-electron chi connectivity index (χ2n) is 7.04. The van der Waals surface area contributed by atoms with Gasteiger partial charge in [-0.25, -0.2) is 0 Å². The van der Waals surface area contributed by atoms with Gasteiger partial charge in [-0.3, -0.25) is 4.18 Å². The molecule has 4 rings (SSSR count). The molecule has 1 atom stereocenters. The van der Waals surface area contributed by atoms with Crippen LogP contribution in [0.5, 0.6) is 5.75 Å². The molecular formula is C22H17Cl3O4S. The van der Waals surface area contributed by atoms with Gasteiger partial charge in [-0.05, 0) is 43.3 Å². The Bertz CT molecular complexity index is 1260. The maximum Gasteiger partial charge on any atom is 0.297 e. The summed E-state index contributed by atoms with van der Waals surface area (Å²) >= 11 is 19.0. The third kappa shape index (κ3) is 3.93. The highest BCUT2D eigenvalue weighted by atomic mass is 35.5. The lowest BCUT2D eigenvalue weighted by Crippen LogP contribution is -2.12. The lowest BCUT2D eigenvalue weighted by atomic mass is 9.98. The summed E-state index contributed by atoms with van der Waals surface area (Å²) in [6.07, 6.45) is -0.0634. The van der Waals surface area contributed by atoms with Crippen LogP contribution in [-0.4, -0.2) is 15.5 Å². The molecule has 3 aromatic rings. The maximum atomic E-state index is 12.5. The first-order valence-electron chi connectivity index (χ1n) is 9.05. The topological polar surface area (TPSA) is 52.6 Å². The quantitative estimate of drug-likeness (QED) is 0.391. The molecule has 0 spiro atoms. The molecule has 156 valence electrons. The highest BCUT2D eigenvalue weighted by Crippen LogP contribution is 2.47. The molecule has 30 heavy (non-hydrogen) atoms. The predicted octanol–water partition coefficient (Wildman–Crippen LogP) is 6.63. The van der Waals surface area contributed by atoms with Crippen LogP contribution >= 0.6 is 34.8 Å². The monoisotopic (exact) mass is 482 g/mol. The van der Waals surface area contributed by atoms with Crippen molar-refractivity contribution in [1.82, 2.24) is 0 Å². The van der Waals surface area contributed by atoms with E-state index < -0.39 is 16.2 Å². The largest absolute Gasteiger partial charge is 0.484 e. The smallest absolute Gasteiger partial charge is 0.297 e. The summed E-state index contributed by atoms with van der Waals surface area (Å²) in [5.74, 6) is 0.607. The SMILES string of the molecule is COS(=O)(=O)c1ccc(C)cc1C1Cc2cc(Cl)cc(-c3cc(Cl)ccc3Cl)c2O1. The molecule has 8 heteroatoms. The Morgan fingerprint density at radius 2 is 1.70 bits per heavy atom. The van der Waals surface area contributed by atoms with Gasteiger partial charge in [-0.2, -0.15) is 8.42 Å². The number of halogens is 3. The molecule has 1 heterocycles.